The molecule has 0 aliphatic carbocycles. The minimum absolute atomic E-state index is 0.189. The molecule has 0 radical (unpaired) electrons. The Hall–Kier alpha value is -1.80. The quantitative estimate of drug-likeness (QED) is 0.909. The molecule has 0 saturated carbocycles. The molecule has 0 fully saturated rings. The molecule has 0 saturated heterocycles. The first-order chi connectivity index (χ1) is 9.49. The van der Waals surface area contributed by atoms with E-state index in [0.717, 1.165) is 11.3 Å². The Morgan fingerprint density at radius 2 is 1.65 bits per heavy atom. The first-order valence-electron chi connectivity index (χ1n) is 7.00. The van der Waals surface area contributed by atoms with Crippen molar-refractivity contribution in [1.29, 1.82) is 0 Å². The fraction of sp³-hybridized carbons (Fsp3) is 0.333. The van der Waals surface area contributed by atoms with Gasteiger partial charge in [-0.15, -0.1) is 0 Å². The highest BCUT2D eigenvalue weighted by atomic mass is 16.5. The Kier molecular flexibility index (Phi) is 4.46. The van der Waals surface area contributed by atoms with Crippen molar-refractivity contribution in [3.05, 3.63) is 65.2 Å². The molecule has 2 N–H and O–H groups in total. The number of hydrogen-bond acceptors (Lipinski definition) is 2. The van der Waals surface area contributed by atoms with Crippen LogP contribution in [0.4, 0.5) is 0 Å². The second-order valence-electron chi connectivity index (χ2n) is 6.09. The molecule has 2 aromatic rings. The van der Waals surface area contributed by atoms with E-state index in [4.69, 9.17) is 10.5 Å². The standard InChI is InChI=1S/C18H23NO/c1-18(2,3)16-9-7-14(8-10-16)13-20-17-6-4-5-15(11-17)12-19/h4-11H,12-13,19H2,1-3H3. The summed E-state index contributed by atoms with van der Waals surface area (Å²) in [5.74, 6) is 0.868. The first-order valence-corrected chi connectivity index (χ1v) is 7.00. The van der Waals surface area contributed by atoms with Crippen molar-refractivity contribution in [2.45, 2.75) is 39.3 Å². The van der Waals surface area contributed by atoms with Crippen LogP contribution in [0.2, 0.25) is 0 Å². The van der Waals surface area contributed by atoms with Crippen LogP contribution in [0.15, 0.2) is 48.5 Å². The molecule has 0 aliphatic heterocycles. The summed E-state index contributed by atoms with van der Waals surface area (Å²) in [4.78, 5) is 0. The predicted molar refractivity (Wildman–Crippen MR) is 83.8 cm³/mol. The Labute approximate surface area is 121 Å². The molecular weight excluding hydrogens is 246 g/mol. The monoisotopic (exact) mass is 269 g/mol. The molecular formula is C18H23NO. The molecule has 0 amide bonds. The lowest BCUT2D eigenvalue weighted by molar-refractivity contribution is 0.306. The van der Waals surface area contributed by atoms with E-state index >= 15 is 0 Å². The zero-order valence-corrected chi connectivity index (χ0v) is 12.5. The highest BCUT2D eigenvalue weighted by molar-refractivity contribution is 5.30. The molecule has 0 bridgehead atoms. The molecule has 2 nitrogen and oxygen atoms in total. The summed E-state index contributed by atoms with van der Waals surface area (Å²) in [6.07, 6.45) is 0. The fourth-order valence-corrected chi connectivity index (χ4v) is 2.03. The predicted octanol–water partition coefficient (Wildman–Crippen LogP) is 4.02. The van der Waals surface area contributed by atoms with Gasteiger partial charge in [0.25, 0.3) is 0 Å². The van der Waals surface area contributed by atoms with Crippen molar-refractivity contribution in [1.82, 2.24) is 0 Å². The van der Waals surface area contributed by atoms with E-state index in [1.165, 1.54) is 11.1 Å². The molecule has 0 atom stereocenters. The summed E-state index contributed by atoms with van der Waals surface area (Å²) >= 11 is 0. The summed E-state index contributed by atoms with van der Waals surface area (Å²) in [6.45, 7) is 7.78. The van der Waals surface area contributed by atoms with Crippen LogP contribution in [0.3, 0.4) is 0 Å². The number of rotatable bonds is 4. The van der Waals surface area contributed by atoms with Crippen molar-refractivity contribution < 1.29 is 4.74 Å². The Bertz CT molecular complexity index is 552. The number of hydrogen-bond donors (Lipinski definition) is 1. The molecule has 2 aromatic carbocycles. The van der Waals surface area contributed by atoms with Gasteiger partial charge >= 0.3 is 0 Å². The lowest BCUT2D eigenvalue weighted by atomic mass is 9.87. The zero-order chi connectivity index (χ0) is 14.6. The van der Waals surface area contributed by atoms with Crippen molar-refractivity contribution >= 4 is 0 Å². The summed E-state index contributed by atoms with van der Waals surface area (Å²) < 4.78 is 5.80. The van der Waals surface area contributed by atoms with Gasteiger partial charge in [0.05, 0.1) is 0 Å². The van der Waals surface area contributed by atoms with Gasteiger partial charge in [0.2, 0.25) is 0 Å². The third-order valence-corrected chi connectivity index (χ3v) is 3.36. The van der Waals surface area contributed by atoms with Crippen LogP contribution in [0.5, 0.6) is 5.75 Å². The molecule has 106 valence electrons. The van der Waals surface area contributed by atoms with Gasteiger partial charge in [-0.05, 0) is 34.2 Å². The molecule has 0 aromatic heterocycles. The van der Waals surface area contributed by atoms with Gasteiger partial charge in [0.1, 0.15) is 12.4 Å². The van der Waals surface area contributed by atoms with Crippen molar-refractivity contribution in [2.75, 3.05) is 0 Å². The number of benzene rings is 2. The summed E-state index contributed by atoms with van der Waals surface area (Å²) in [5, 5.41) is 0. The molecule has 0 spiro atoms. The van der Waals surface area contributed by atoms with Crippen LogP contribution in [0.25, 0.3) is 0 Å². The summed E-state index contributed by atoms with van der Waals surface area (Å²) in [7, 11) is 0. The Morgan fingerprint density at radius 1 is 0.950 bits per heavy atom. The minimum Gasteiger partial charge on any atom is -0.489 e. The second kappa shape index (κ2) is 6.10. The SMILES string of the molecule is CC(C)(C)c1ccc(COc2cccc(CN)c2)cc1. The average Bonchev–Trinajstić information content (AvgIpc) is 2.45. The van der Waals surface area contributed by atoms with Gasteiger partial charge in [0, 0.05) is 6.54 Å². The van der Waals surface area contributed by atoms with Crippen LogP contribution in [0, 0.1) is 0 Å². The molecule has 2 heteroatoms. The summed E-state index contributed by atoms with van der Waals surface area (Å²) in [6, 6.07) is 16.5. The van der Waals surface area contributed by atoms with E-state index < -0.39 is 0 Å². The highest BCUT2D eigenvalue weighted by Gasteiger charge is 2.12. The van der Waals surface area contributed by atoms with Gasteiger partial charge < -0.3 is 10.5 Å². The molecule has 0 heterocycles. The molecule has 20 heavy (non-hydrogen) atoms. The third-order valence-electron chi connectivity index (χ3n) is 3.36. The van der Waals surface area contributed by atoms with Crippen molar-refractivity contribution in [3.63, 3.8) is 0 Å². The Morgan fingerprint density at radius 3 is 2.25 bits per heavy atom. The maximum absolute atomic E-state index is 5.80. The molecule has 2 rings (SSSR count). The van der Waals surface area contributed by atoms with Crippen LogP contribution < -0.4 is 10.5 Å². The van der Waals surface area contributed by atoms with E-state index in [0.29, 0.717) is 13.2 Å². The van der Waals surface area contributed by atoms with Crippen LogP contribution >= 0.6 is 0 Å². The van der Waals surface area contributed by atoms with Gasteiger partial charge in [-0.2, -0.15) is 0 Å². The lowest BCUT2D eigenvalue weighted by Gasteiger charge is -2.19. The zero-order valence-electron chi connectivity index (χ0n) is 12.5. The van der Waals surface area contributed by atoms with E-state index in [1.807, 2.05) is 24.3 Å². The second-order valence-corrected chi connectivity index (χ2v) is 6.09. The topological polar surface area (TPSA) is 35.2 Å². The smallest absolute Gasteiger partial charge is 0.120 e. The maximum atomic E-state index is 5.80. The van der Waals surface area contributed by atoms with Crippen molar-refractivity contribution in [2.24, 2.45) is 5.73 Å². The highest BCUT2D eigenvalue weighted by Crippen LogP contribution is 2.22. The van der Waals surface area contributed by atoms with E-state index in [1.54, 1.807) is 0 Å². The van der Waals surface area contributed by atoms with E-state index in [-0.39, 0.29) is 5.41 Å². The fourth-order valence-electron chi connectivity index (χ4n) is 2.03. The third kappa shape index (κ3) is 3.84. The van der Waals surface area contributed by atoms with E-state index in [9.17, 15) is 0 Å². The van der Waals surface area contributed by atoms with Gasteiger partial charge in [-0.3, -0.25) is 0 Å². The Balaban J connectivity index is 2.00. The van der Waals surface area contributed by atoms with Gasteiger partial charge in [-0.1, -0.05) is 57.2 Å². The van der Waals surface area contributed by atoms with Crippen LogP contribution in [-0.4, -0.2) is 0 Å². The van der Waals surface area contributed by atoms with E-state index in [2.05, 4.69) is 45.0 Å². The van der Waals surface area contributed by atoms with Gasteiger partial charge in [0.15, 0.2) is 0 Å². The normalized spacial score (nSPS) is 11.4. The largest absolute Gasteiger partial charge is 0.489 e. The molecule has 0 aliphatic rings. The van der Waals surface area contributed by atoms with Gasteiger partial charge in [-0.25, -0.2) is 0 Å². The molecule has 0 unspecified atom stereocenters. The first kappa shape index (κ1) is 14.6. The number of ether oxygens (including phenoxy) is 1. The van der Waals surface area contributed by atoms with Crippen LogP contribution in [0.1, 0.15) is 37.5 Å². The number of nitrogens with two attached hydrogens (primary N) is 1. The minimum atomic E-state index is 0.189. The lowest BCUT2D eigenvalue weighted by Crippen LogP contribution is -2.10. The van der Waals surface area contributed by atoms with Crippen molar-refractivity contribution in [3.8, 4) is 5.75 Å². The average molecular weight is 269 g/mol. The maximum Gasteiger partial charge on any atom is 0.120 e. The summed E-state index contributed by atoms with van der Waals surface area (Å²) in [5.41, 5.74) is 9.42. The van der Waals surface area contributed by atoms with Crippen LogP contribution in [-0.2, 0) is 18.6 Å².